The monoisotopic (exact) mass is 387 g/mol. The van der Waals surface area contributed by atoms with E-state index in [4.69, 9.17) is 13.9 Å². The highest BCUT2D eigenvalue weighted by Crippen LogP contribution is 2.25. The second-order valence-corrected chi connectivity index (χ2v) is 8.07. The van der Waals surface area contributed by atoms with Gasteiger partial charge in [-0.25, -0.2) is 9.59 Å². The Labute approximate surface area is 163 Å². The highest BCUT2D eigenvalue weighted by Gasteiger charge is 2.31. The molecule has 0 radical (unpaired) electrons. The van der Waals surface area contributed by atoms with Crippen LogP contribution in [0.2, 0.25) is 0 Å². The number of amides is 1. The lowest BCUT2D eigenvalue weighted by Crippen LogP contribution is -2.43. The Balaban J connectivity index is 1.61. The van der Waals surface area contributed by atoms with Gasteiger partial charge in [-0.15, -0.1) is 0 Å². The lowest BCUT2D eigenvalue weighted by atomic mass is 9.97. The molecule has 0 spiro atoms. The number of likely N-dealkylation sites (tertiary alicyclic amines) is 1. The average Bonchev–Trinajstić information content (AvgIpc) is 2.60. The normalized spacial score (nSPS) is 15.5. The fraction of sp³-hybridized carbons (Fsp3) is 0.476. The van der Waals surface area contributed by atoms with E-state index in [1.54, 1.807) is 23.1 Å². The van der Waals surface area contributed by atoms with Crippen molar-refractivity contribution in [2.24, 2.45) is 5.92 Å². The van der Waals surface area contributed by atoms with Crippen LogP contribution < -0.4 is 10.4 Å². The molecule has 0 N–H and O–H groups in total. The zero-order chi connectivity index (χ0) is 20.5. The molecule has 0 aliphatic carbocycles. The van der Waals surface area contributed by atoms with Gasteiger partial charge in [-0.05, 0) is 58.2 Å². The molecule has 28 heavy (non-hydrogen) atoms. The van der Waals surface area contributed by atoms with Crippen molar-refractivity contribution in [1.29, 1.82) is 0 Å². The topological polar surface area (TPSA) is 86.0 Å². The highest BCUT2D eigenvalue weighted by molar-refractivity contribution is 5.83. The van der Waals surface area contributed by atoms with Gasteiger partial charge in [-0.2, -0.15) is 0 Å². The third-order valence-corrected chi connectivity index (χ3v) is 4.62. The van der Waals surface area contributed by atoms with Gasteiger partial charge in [0.1, 0.15) is 16.9 Å². The molecule has 7 heteroatoms. The van der Waals surface area contributed by atoms with Gasteiger partial charge in [0.15, 0.2) is 0 Å². The molecule has 150 valence electrons. The number of benzene rings is 1. The minimum atomic E-state index is -0.545. The van der Waals surface area contributed by atoms with Crippen LogP contribution in [0.5, 0.6) is 5.75 Å². The zero-order valence-corrected chi connectivity index (χ0v) is 16.6. The fourth-order valence-electron chi connectivity index (χ4n) is 3.19. The van der Waals surface area contributed by atoms with Crippen LogP contribution in [-0.4, -0.2) is 35.7 Å². The largest absolute Gasteiger partial charge is 0.444 e. The predicted molar refractivity (Wildman–Crippen MR) is 103 cm³/mol. The van der Waals surface area contributed by atoms with Crippen LogP contribution in [0, 0.1) is 12.8 Å². The summed E-state index contributed by atoms with van der Waals surface area (Å²) in [6.07, 6.45) is 0.666. The molecular formula is C21H25NO6. The Bertz CT molecular complexity index is 948. The lowest BCUT2D eigenvalue weighted by Gasteiger charge is -2.32. The number of carbonyl (C=O) groups excluding carboxylic acids is 2. The van der Waals surface area contributed by atoms with E-state index in [0.717, 1.165) is 10.9 Å². The molecular weight excluding hydrogens is 362 g/mol. The first-order valence-electron chi connectivity index (χ1n) is 9.36. The first-order valence-corrected chi connectivity index (χ1v) is 9.36. The van der Waals surface area contributed by atoms with Gasteiger partial charge in [0, 0.05) is 30.6 Å². The highest BCUT2D eigenvalue weighted by atomic mass is 16.6. The molecule has 1 aromatic heterocycles. The Morgan fingerprint density at radius 2 is 1.82 bits per heavy atom. The van der Waals surface area contributed by atoms with Crippen LogP contribution in [0.4, 0.5) is 4.79 Å². The number of rotatable bonds is 2. The number of esters is 1. The first-order chi connectivity index (χ1) is 13.1. The van der Waals surface area contributed by atoms with Crippen LogP contribution in [0.15, 0.2) is 33.5 Å². The number of nitrogens with zero attached hydrogens (tertiary/aromatic N) is 1. The van der Waals surface area contributed by atoms with E-state index in [1.165, 1.54) is 6.07 Å². The Hall–Kier alpha value is -2.83. The van der Waals surface area contributed by atoms with Crippen LogP contribution in [-0.2, 0) is 9.53 Å². The van der Waals surface area contributed by atoms with E-state index in [2.05, 4.69) is 0 Å². The second kappa shape index (κ2) is 7.66. The molecule has 1 amide bonds. The molecule has 0 bridgehead atoms. The van der Waals surface area contributed by atoms with Gasteiger partial charge >= 0.3 is 17.7 Å². The van der Waals surface area contributed by atoms with Gasteiger partial charge in [0.2, 0.25) is 0 Å². The minimum Gasteiger partial charge on any atom is -0.444 e. The molecule has 0 saturated carbocycles. The molecule has 0 unspecified atom stereocenters. The third-order valence-electron chi connectivity index (χ3n) is 4.62. The summed E-state index contributed by atoms with van der Waals surface area (Å²) in [7, 11) is 0. The van der Waals surface area contributed by atoms with Crippen molar-refractivity contribution in [2.75, 3.05) is 13.1 Å². The molecule has 2 aromatic rings. The SMILES string of the molecule is Cc1cc(=O)oc2cc(OC(=O)C3CCN(C(=O)OC(C)(C)C)CC3)ccc12. The maximum atomic E-state index is 12.5. The summed E-state index contributed by atoms with van der Waals surface area (Å²) in [6, 6.07) is 6.42. The summed E-state index contributed by atoms with van der Waals surface area (Å²) in [4.78, 5) is 37.8. The van der Waals surface area contributed by atoms with Crippen LogP contribution in [0.25, 0.3) is 11.0 Å². The van der Waals surface area contributed by atoms with Crippen LogP contribution in [0.1, 0.15) is 39.2 Å². The van der Waals surface area contributed by atoms with E-state index in [9.17, 15) is 14.4 Å². The molecule has 0 atom stereocenters. The summed E-state index contributed by atoms with van der Waals surface area (Å²) >= 11 is 0. The molecule has 1 saturated heterocycles. The predicted octanol–water partition coefficient (Wildman–Crippen LogP) is 3.65. The number of aryl methyl sites for hydroxylation is 1. The number of ether oxygens (including phenoxy) is 2. The van der Waals surface area contributed by atoms with E-state index < -0.39 is 11.2 Å². The standard InChI is InChI=1S/C21H25NO6/c1-13-11-18(23)27-17-12-15(5-6-16(13)17)26-19(24)14-7-9-22(10-8-14)20(25)28-21(2,3)4/h5-6,11-12,14H,7-10H2,1-4H3. The van der Waals surface area contributed by atoms with Gasteiger partial charge in [0.05, 0.1) is 5.92 Å². The Morgan fingerprint density at radius 3 is 2.46 bits per heavy atom. The van der Waals surface area contributed by atoms with Gasteiger partial charge in [-0.1, -0.05) is 0 Å². The van der Waals surface area contributed by atoms with E-state index >= 15 is 0 Å². The molecule has 1 aliphatic heterocycles. The number of hydrogen-bond acceptors (Lipinski definition) is 6. The second-order valence-electron chi connectivity index (χ2n) is 8.07. The van der Waals surface area contributed by atoms with Gasteiger partial charge < -0.3 is 18.8 Å². The van der Waals surface area contributed by atoms with Gasteiger partial charge in [-0.3, -0.25) is 4.79 Å². The van der Waals surface area contributed by atoms with Crippen molar-refractivity contribution in [3.63, 3.8) is 0 Å². The Morgan fingerprint density at radius 1 is 1.14 bits per heavy atom. The quantitative estimate of drug-likeness (QED) is 0.444. The molecule has 1 aromatic carbocycles. The van der Waals surface area contributed by atoms with E-state index in [1.807, 2.05) is 27.7 Å². The van der Waals surface area contributed by atoms with Crippen molar-refractivity contribution in [2.45, 2.75) is 46.1 Å². The van der Waals surface area contributed by atoms with Crippen molar-refractivity contribution < 1.29 is 23.5 Å². The number of carbonyl (C=O) groups is 2. The van der Waals surface area contributed by atoms with Gasteiger partial charge in [0.25, 0.3) is 0 Å². The molecule has 1 aliphatic rings. The number of hydrogen-bond donors (Lipinski definition) is 0. The van der Waals surface area contributed by atoms with Crippen molar-refractivity contribution in [1.82, 2.24) is 4.90 Å². The van der Waals surface area contributed by atoms with Crippen molar-refractivity contribution in [3.05, 3.63) is 40.2 Å². The average molecular weight is 387 g/mol. The maximum absolute atomic E-state index is 12.5. The third kappa shape index (κ3) is 4.71. The number of fused-ring (bicyclic) bond motifs is 1. The summed E-state index contributed by atoms with van der Waals surface area (Å²) in [5, 5.41) is 0.796. The lowest BCUT2D eigenvalue weighted by molar-refractivity contribution is -0.140. The number of piperidine rings is 1. The summed E-state index contributed by atoms with van der Waals surface area (Å²) in [6.45, 7) is 8.18. The van der Waals surface area contributed by atoms with E-state index in [0.29, 0.717) is 37.3 Å². The summed E-state index contributed by atoms with van der Waals surface area (Å²) in [5.41, 5.74) is 0.202. The molecule has 1 fully saturated rings. The zero-order valence-electron chi connectivity index (χ0n) is 16.6. The van der Waals surface area contributed by atoms with Crippen LogP contribution in [0.3, 0.4) is 0 Å². The molecule has 7 nitrogen and oxygen atoms in total. The van der Waals surface area contributed by atoms with Crippen molar-refractivity contribution in [3.8, 4) is 5.75 Å². The molecule has 3 rings (SSSR count). The van der Waals surface area contributed by atoms with E-state index in [-0.39, 0.29) is 18.0 Å². The Kier molecular flexibility index (Phi) is 5.45. The van der Waals surface area contributed by atoms with Crippen molar-refractivity contribution >= 4 is 23.0 Å². The summed E-state index contributed by atoms with van der Waals surface area (Å²) < 4.78 is 16.0. The smallest absolute Gasteiger partial charge is 0.410 e. The first kappa shape index (κ1) is 19.9. The maximum Gasteiger partial charge on any atom is 0.410 e. The minimum absolute atomic E-state index is 0.293. The fourth-order valence-corrected chi connectivity index (χ4v) is 3.19. The molecule has 2 heterocycles. The summed E-state index contributed by atoms with van der Waals surface area (Å²) in [5.74, 6) is -0.307. The van der Waals surface area contributed by atoms with Crippen LogP contribution >= 0.6 is 0 Å².